The number of nitrogens with one attached hydrogen (secondary N) is 1. The second-order valence-electron chi connectivity index (χ2n) is 8.73. The van der Waals surface area contributed by atoms with E-state index in [0.717, 1.165) is 55.0 Å². The van der Waals surface area contributed by atoms with Crippen molar-refractivity contribution >= 4 is 16.9 Å². The van der Waals surface area contributed by atoms with Crippen molar-refractivity contribution in [2.24, 2.45) is 0 Å². The third-order valence-corrected chi connectivity index (χ3v) is 6.31. The molecule has 1 amide bonds. The van der Waals surface area contributed by atoms with Crippen LogP contribution in [0.2, 0.25) is 0 Å². The van der Waals surface area contributed by atoms with Gasteiger partial charge in [0.15, 0.2) is 0 Å². The first-order chi connectivity index (χ1) is 16.2. The van der Waals surface area contributed by atoms with Gasteiger partial charge in [-0.25, -0.2) is 4.98 Å². The number of carbonyl (C=O) groups is 1. The zero-order chi connectivity index (χ0) is 22.6. The van der Waals surface area contributed by atoms with Crippen molar-refractivity contribution in [3.05, 3.63) is 95.8 Å². The monoisotopic (exact) mass is 439 g/mol. The summed E-state index contributed by atoms with van der Waals surface area (Å²) in [4.78, 5) is 22.0. The summed E-state index contributed by atoms with van der Waals surface area (Å²) < 4.78 is 2.03. The molecule has 1 aliphatic rings. The fourth-order valence-corrected chi connectivity index (χ4v) is 4.32. The van der Waals surface area contributed by atoms with Crippen LogP contribution in [-0.4, -0.2) is 58.5 Å². The van der Waals surface area contributed by atoms with Gasteiger partial charge in [-0.1, -0.05) is 36.4 Å². The summed E-state index contributed by atoms with van der Waals surface area (Å²) in [5.74, 6) is -0.0680. The summed E-state index contributed by atoms with van der Waals surface area (Å²) >= 11 is 0. The number of fused-ring (bicyclic) bond motifs is 1. The molecule has 5 rings (SSSR count). The largest absolute Gasteiger partial charge is 0.348 e. The number of aromatic nitrogens is 2. The van der Waals surface area contributed by atoms with E-state index in [2.05, 4.69) is 51.4 Å². The molecule has 0 atom stereocenters. The number of likely N-dealkylation sites (N-methyl/N-ethyl adjacent to an activating group) is 1. The Morgan fingerprint density at radius 2 is 1.67 bits per heavy atom. The van der Waals surface area contributed by atoms with Gasteiger partial charge in [0, 0.05) is 50.5 Å². The Kier molecular flexibility index (Phi) is 6.19. The van der Waals surface area contributed by atoms with Gasteiger partial charge in [-0.2, -0.15) is 0 Å². The van der Waals surface area contributed by atoms with Crippen molar-refractivity contribution in [1.82, 2.24) is 24.7 Å². The van der Waals surface area contributed by atoms with E-state index in [1.807, 2.05) is 59.4 Å². The Bertz CT molecular complexity index is 1240. The van der Waals surface area contributed by atoms with Gasteiger partial charge in [0.1, 0.15) is 6.33 Å². The molecule has 1 saturated heterocycles. The van der Waals surface area contributed by atoms with Crippen molar-refractivity contribution in [1.29, 1.82) is 0 Å². The van der Waals surface area contributed by atoms with Gasteiger partial charge in [-0.05, 0) is 54.6 Å². The average molecular weight is 440 g/mol. The van der Waals surface area contributed by atoms with E-state index >= 15 is 0 Å². The lowest BCUT2D eigenvalue weighted by molar-refractivity contribution is 0.0951. The predicted octanol–water partition coefficient (Wildman–Crippen LogP) is 3.70. The van der Waals surface area contributed by atoms with E-state index in [1.54, 1.807) is 0 Å². The van der Waals surface area contributed by atoms with Crippen molar-refractivity contribution in [2.75, 3.05) is 33.2 Å². The maximum atomic E-state index is 12.7. The minimum absolute atomic E-state index is 0.0680. The molecule has 0 aliphatic carbocycles. The van der Waals surface area contributed by atoms with E-state index in [4.69, 9.17) is 0 Å². The number of carbonyl (C=O) groups excluding carboxylic acids is 1. The third kappa shape index (κ3) is 4.97. The fraction of sp³-hybridized carbons (Fsp3) is 0.259. The summed E-state index contributed by atoms with van der Waals surface area (Å²) in [6, 6.07) is 24.2. The normalized spacial score (nSPS) is 15.1. The van der Waals surface area contributed by atoms with Gasteiger partial charge in [0.05, 0.1) is 11.0 Å². The molecule has 0 saturated carbocycles. The highest BCUT2D eigenvalue weighted by atomic mass is 16.1. The van der Waals surface area contributed by atoms with Gasteiger partial charge in [-0.15, -0.1) is 0 Å². The van der Waals surface area contributed by atoms with E-state index in [1.165, 1.54) is 5.56 Å². The number of amides is 1. The summed E-state index contributed by atoms with van der Waals surface area (Å²) in [5, 5.41) is 3.06. The highest BCUT2D eigenvalue weighted by molar-refractivity contribution is 5.94. The molecular formula is C27H29N5O. The number of piperazine rings is 1. The second kappa shape index (κ2) is 9.57. The van der Waals surface area contributed by atoms with Crippen molar-refractivity contribution in [3.8, 4) is 5.69 Å². The van der Waals surface area contributed by atoms with Crippen LogP contribution >= 0.6 is 0 Å². The molecule has 2 heterocycles. The quantitative estimate of drug-likeness (QED) is 0.498. The van der Waals surface area contributed by atoms with Crippen LogP contribution in [0, 0.1) is 0 Å². The molecular weight excluding hydrogens is 410 g/mol. The lowest BCUT2D eigenvalue weighted by Gasteiger charge is -2.32. The number of rotatable bonds is 6. The van der Waals surface area contributed by atoms with Gasteiger partial charge >= 0.3 is 0 Å². The summed E-state index contributed by atoms with van der Waals surface area (Å²) in [7, 11) is 2.17. The first-order valence-corrected chi connectivity index (χ1v) is 11.5. The molecule has 1 aliphatic heterocycles. The first kappa shape index (κ1) is 21.4. The van der Waals surface area contributed by atoms with E-state index in [-0.39, 0.29) is 5.91 Å². The number of nitrogens with zero attached hydrogens (tertiary/aromatic N) is 4. The fourth-order valence-electron chi connectivity index (χ4n) is 4.32. The number of imidazole rings is 1. The van der Waals surface area contributed by atoms with Crippen LogP contribution < -0.4 is 5.32 Å². The summed E-state index contributed by atoms with van der Waals surface area (Å²) in [6.45, 7) is 5.91. The molecule has 6 nitrogen and oxygen atoms in total. The van der Waals surface area contributed by atoms with E-state index in [9.17, 15) is 4.79 Å². The Morgan fingerprint density at radius 3 is 2.48 bits per heavy atom. The van der Waals surface area contributed by atoms with Crippen molar-refractivity contribution in [2.45, 2.75) is 13.1 Å². The number of benzene rings is 3. The van der Waals surface area contributed by atoms with Crippen LogP contribution in [-0.2, 0) is 13.1 Å². The van der Waals surface area contributed by atoms with E-state index in [0.29, 0.717) is 12.1 Å². The van der Waals surface area contributed by atoms with Crippen LogP contribution in [0.15, 0.2) is 79.1 Å². The zero-order valence-electron chi connectivity index (χ0n) is 18.9. The van der Waals surface area contributed by atoms with Crippen molar-refractivity contribution in [3.63, 3.8) is 0 Å². The maximum Gasteiger partial charge on any atom is 0.251 e. The minimum atomic E-state index is -0.0680. The molecule has 0 bridgehead atoms. The Labute approximate surface area is 194 Å². The smallest absolute Gasteiger partial charge is 0.251 e. The van der Waals surface area contributed by atoms with Crippen molar-refractivity contribution < 1.29 is 4.79 Å². The Balaban J connectivity index is 1.20. The molecule has 0 radical (unpaired) electrons. The van der Waals surface area contributed by atoms with Crippen LogP contribution in [0.1, 0.15) is 21.5 Å². The molecule has 168 valence electrons. The maximum absolute atomic E-state index is 12.7. The predicted molar refractivity (Wildman–Crippen MR) is 131 cm³/mol. The molecule has 1 aromatic heterocycles. The van der Waals surface area contributed by atoms with Gasteiger partial charge in [0.25, 0.3) is 5.91 Å². The lowest BCUT2D eigenvalue weighted by Crippen LogP contribution is -2.43. The minimum Gasteiger partial charge on any atom is -0.348 e. The van der Waals surface area contributed by atoms with Crippen LogP contribution in [0.5, 0.6) is 0 Å². The first-order valence-electron chi connectivity index (χ1n) is 11.5. The topological polar surface area (TPSA) is 53.4 Å². The highest BCUT2D eigenvalue weighted by Gasteiger charge is 2.14. The standard InChI is InChI=1S/C27H29N5O/c1-30-13-15-31(16-14-30)19-22-6-4-5-21(17-22)18-28-27(33)23-9-11-24(12-10-23)32-20-29-25-7-2-3-8-26(25)32/h2-12,17,20H,13-16,18-19H2,1H3,(H,28,33). The van der Waals surface area contributed by atoms with E-state index < -0.39 is 0 Å². The number of hydrogen-bond donors (Lipinski definition) is 1. The molecule has 4 aromatic rings. The SMILES string of the molecule is CN1CCN(Cc2cccc(CNC(=O)c3ccc(-n4cnc5ccccc54)cc3)c2)CC1. The van der Waals surface area contributed by atoms with Gasteiger partial charge in [0.2, 0.25) is 0 Å². The Hall–Kier alpha value is -3.48. The van der Waals surface area contributed by atoms with Gasteiger partial charge < -0.3 is 10.2 Å². The summed E-state index contributed by atoms with van der Waals surface area (Å²) in [5.41, 5.74) is 6.05. The molecule has 0 spiro atoms. The lowest BCUT2D eigenvalue weighted by atomic mass is 10.1. The zero-order valence-corrected chi connectivity index (χ0v) is 18.9. The average Bonchev–Trinajstić information content (AvgIpc) is 3.29. The molecule has 0 unspecified atom stereocenters. The second-order valence-corrected chi connectivity index (χ2v) is 8.73. The number of hydrogen-bond acceptors (Lipinski definition) is 4. The molecule has 1 fully saturated rings. The third-order valence-electron chi connectivity index (χ3n) is 6.31. The molecule has 33 heavy (non-hydrogen) atoms. The summed E-state index contributed by atoms with van der Waals surface area (Å²) in [6.07, 6.45) is 1.81. The Morgan fingerprint density at radius 1 is 0.909 bits per heavy atom. The highest BCUT2D eigenvalue weighted by Crippen LogP contribution is 2.18. The van der Waals surface area contributed by atoms with Gasteiger partial charge in [-0.3, -0.25) is 14.3 Å². The van der Waals surface area contributed by atoms with Crippen LogP contribution in [0.3, 0.4) is 0 Å². The molecule has 6 heteroatoms. The molecule has 3 aromatic carbocycles. The number of para-hydroxylation sites is 2. The van der Waals surface area contributed by atoms with Crippen LogP contribution in [0.4, 0.5) is 0 Å². The van der Waals surface area contributed by atoms with Crippen LogP contribution in [0.25, 0.3) is 16.7 Å². The molecule has 1 N–H and O–H groups in total.